The molecule has 0 saturated carbocycles. The Labute approximate surface area is 139 Å². The topological polar surface area (TPSA) is 58.4 Å². The van der Waals surface area contributed by atoms with E-state index in [0.717, 1.165) is 25.4 Å². The number of fused-ring (bicyclic) bond motifs is 1. The Morgan fingerprint density at radius 2 is 2.17 bits per heavy atom. The average Bonchev–Trinajstić information content (AvgIpc) is 2.95. The summed E-state index contributed by atoms with van der Waals surface area (Å²) in [6.07, 6.45) is 0. The smallest absolute Gasteiger partial charge is 0.230 e. The van der Waals surface area contributed by atoms with Gasteiger partial charge in [-0.15, -0.1) is 0 Å². The van der Waals surface area contributed by atoms with Gasteiger partial charge in [0.1, 0.15) is 11.3 Å². The Kier molecular flexibility index (Phi) is 6.85. The molecule has 0 saturated heterocycles. The predicted octanol–water partition coefficient (Wildman–Crippen LogP) is 2.66. The molecule has 5 nitrogen and oxygen atoms in total. The molecule has 0 bridgehead atoms. The second kappa shape index (κ2) is 8.88. The van der Waals surface area contributed by atoms with Gasteiger partial charge in [0.05, 0.1) is 12.3 Å². The highest BCUT2D eigenvalue weighted by molar-refractivity contribution is 7.99. The second-order valence-electron chi connectivity index (χ2n) is 5.08. The highest BCUT2D eigenvalue weighted by Crippen LogP contribution is 2.16. The Morgan fingerprint density at radius 3 is 2.91 bits per heavy atom. The molecule has 0 aliphatic rings. The fourth-order valence-corrected chi connectivity index (χ4v) is 2.97. The van der Waals surface area contributed by atoms with Crippen LogP contribution < -0.4 is 5.32 Å². The summed E-state index contributed by atoms with van der Waals surface area (Å²) in [5.74, 6) is 1.31. The minimum Gasteiger partial charge on any atom is -0.439 e. The first-order chi connectivity index (χ1) is 11.1. The van der Waals surface area contributed by atoms with Gasteiger partial charge in [0.2, 0.25) is 11.8 Å². The van der Waals surface area contributed by atoms with Gasteiger partial charge in [-0.3, -0.25) is 4.79 Å². The number of nitrogens with zero attached hydrogens (tertiary/aromatic N) is 2. The van der Waals surface area contributed by atoms with Crippen molar-refractivity contribution in [2.45, 2.75) is 20.4 Å². The third-order valence-electron chi connectivity index (χ3n) is 3.51. The first-order valence-corrected chi connectivity index (χ1v) is 8.89. The number of hydrogen-bond acceptors (Lipinski definition) is 5. The van der Waals surface area contributed by atoms with Gasteiger partial charge in [0.25, 0.3) is 0 Å². The van der Waals surface area contributed by atoms with Crippen molar-refractivity contribution in [3.63, 3.8) is 0 Å². The minimum atomic E-state index is -0.356. The van der Waals surface area contributed by atoms with E-state index < -0.39 is 0 Å². The van der Waals surface area contributed by atoms with Crippen molar-refractivity contribution in [2.75, 3.05) is 31.1 Å². The zero-order valence-corrected chi connectivity index (χ0v) is 14.3. The highest BCUT2D eigenvalue weighted by Gasteiger charge is 2.08. The zero-order valence-electron chi connectivity index (χ0n) is 13.5. The van der Waals surface area contributed by atoms with Crippen molar-refractivity contribution >= 4 is 28.8 Å². The molecule has 0 fully saturated rings. The third kappa shape index (κ3) is 5.51. The summed E-state index contributed by atoms with van der Waals surface area (Å²) in [7, 11) is 0. The van der Waals surface area contributed by atoms with E-state index in [-0.39, 0.29) is 18.3 Å². The lowest BCUT2D eigenvalue weighted by atomic mass is 10.3. The molecular weight excluding hydrogens is 317 g/mol. The Hall–Kier alpha value is -1.60. The van der Waals surface area contributed by atoms with Gasteiger partial charge in [-0.2, -0.15) is 11.8 Å². The van der Waals surface area contributed by atoms with E-state index >= 15 is 0 Å². The number of aromatic nitrogens is 1. The standard InChI is InChI=1S/C16H22FN3O2S/c1-3-20(4-2)7-8-23-11-15(21)18-10-16-19-13-9-12(17)5-6-14(13)22-16/h5-6,9H,3-4,7-8,10-11H2,1-2H3,(H,18,21). The summed E-state index contributed by atoms with van der Waals surface area (Å²) < 4.78 is 18.5. The van der Waals surface area contributed by atoms with E-state index in [9.17, 15) is 9.18 Å². The number of rotatable bonds is 9. The molecular formula is C16H22FN3O2S. The average molecular weight is 339 g/mol. The number of halogens is 1. The number of oxazole rings is 1. The summed E-state index contributed by atoms with van der Waals surface area (Å²) in [4.78, 5) is 18.3. The van der Waals surface area contributed by atoms with Crippen molar-refractivity contribution in [3.8, 4) is 0 Å². The van der Waals surface area contributed by atoms with E-state index in [1.165, 1.54) is 18.2 Å². The summed E-state index contributed by atoms with van der Waals surface area (Å²) in [5, 5.41) is 2.77. The van der Waals surface area contributed by atoms with Gasteiger partial charge in [-0.1, -0.05) is 13.8 Å². The van der Waals surface area contributed by atoms with Crippen molar-refractivity contribution < 1.29 is 13.6 Å². The van der Waals surface area contributed by atoms with Crippen LogP contribution in [0.15, 0.2) is 22.6 Å². The first-order valence-electron chi connectivity index (χ1n) is 7.74. The van der Waals surface area contributed by atoms with E-state index in [0.29, 0.717) is 22.7 Å². The number of hydrogen-bond donors (Lipinski definition) is 1. The predicted molar refractivity (Wildman–Crippen MR) is 90.9 cm³/mol. The molecule has 0 spiro atoms. The van der Waals surface area contributed by atoms with Crippen LogP contribution in [0.1, 0.15) is 19.7 Å². The van der Waals surface area contributed by atoms with Crippen LogP contribution in [0.25, 0.3) is 11.1 Å². The van der Waals surface area contributed by atoms with Gasteiger partial charge in [-0.05, 0) is 25.2 Å². The summed E-state index contributed by atoms with van der Waals surface area (Å²) >= 11 is 1.61. The van der Waals surface area contributed by atoms with Gasteiger partial charge in [0, 0.05) is 18.4 Å². The highest BCUT2D eigenvalue weighted by atomic mass is 32.2. The molecule has 1 aromatic heterocycles. The van der Waals surface area contributed by atoms with Crippen LogP contribution in [0.3, 0.4) is 0 Å². The number of benzene rings is 1. The van der Waals surface area contributed by atoms with Crippen molar-refractivity contribution in [3.05, 3.63) is 29.9 Å². The van der Waals surface area contributed by atoms with Crippen molar-refractivity contribution in [2.24, 2.45) is 0 Å². The molecule has 0 atom stereocenters. The molecule has 2 rings (SSSR count). The maximum atomic E-state index is 13.1. The molecule has 0 aliphatic carbocycles. The van der Waals surface area contributed by atoms with Crippen molar-refractivity contribution in [1.82, 2.24) is 15.2 Å². The molecule has 1 heterocycles. The lowest BCUT2D eigenvalue weighted by molar-refractivity contribution is -0.118. The lowest BCUT2D eigenvalue weighted by Crippen LogP contribution is -2.27. The number of carbonyl (C=O) groups excluding carboxylic acids is 1. The van der Waals surface area contributed by atoms with Crippen LogP contribution in [0.5, 0.6) is 0 Å². The summed E-state index contributed by atoms with van der Waals surface area (Å²) in [6.45, 7) is 7.52. The van der Waals surface area contributed by atoms with Crippen LogP contribution in [0.4, 0.5) is 4.39 Å². The number of nitrogens with one attached hydrogen (secondary N) is 1. The fourth-order valence-electron chi connectivity index (χ4n) is 2.15. The molecule has 1 N–H and O–H groups in total. The molecule has 0 radical (unpaired) electrons. The van der Waals surface area contributed by atoms with Crippen LogP contribution in [0.2, 0.25) is 0 Å². The fraction of sp³-hybridized carbons (Fsp3) is 0.500. The number of amides is 1. The lowest BCUT2D eigenvalue weighted by Gasteiger charge is -2.17. The number of thioether (sulfide) groups is 1. The third-order valence-corrected chi connectivity index (χ3v) is 4.45. The molecule has 0 unspecified atom stereocenters. The van der Waals surface area contributed by atoms with Crippen LogP contribution in [0, 0.1) is 5.82 Å². The second-order valence-corrected chi connectivity index (χ2v) is 6.18. The Bertz CT molecular complexity index is 643. The first kappa shape index (κ1) is 17.7. The molecule has 2 aromatic rings. The summed E-state index contributed by atoms with van der Waals surface area (Å²) in [6, 6.07) is 4.17. The molecule has 1 amide bonds. The van der Waals surface area contributed by atoms with E-state index in [2.05, 4.69) is 29.0 Å². The van der Waals surface area contributed by atoms with Gasteiger partial charge in [0.15, 0.2) is 5.58 Å². The maximum absolute atomic E-state index is 13.1. The minimum absolute atomic E-state index is 0.0528. The molecule has 7 heteroatoms. The largest absolute Gasteiger partial charge is 0.439 e. The van der Waals surface area contributed by atoms with E-state index in [1.54, 1.807) is 11.8 Å². The quantitative estimate of drug-likeness (QED) is 0.712. The number of carbonyl (C=O) groups is 1. The van der Waals surface area contributed by atoms with E-state index in [1.807, 2.05) is 0 Å². The molecule has 1 aromatic carbocycles. The summed E-state index contributed by atoms with van der Waals surface area (Å²) in [5.41, 5.74) is 0.979. The van der Waals surface area contributed by atoms with Gasteiger partial charge >= 0.3 is 0 Å². The van der Waals surface area contributed by atoms with Gasteiger partial charge < -0.3 is 14.6 Å². The van der Waals surface area contributed by atoms with E-state index in [4.69, 9.17) is 4.42 Å². The Morgan fingerprint density at radius 1 is 1.39 bits per heavy atom. The normalized spacial score (nSPS) is 11.3. The SMILES string of the molecule is CCN(CC)CCSCC(=O)NCc1nc2cc(F)ccc2o1. The molecule has 126 valence electrons. The molecule has 23 heavy (non-hydrogen) atoms. The van der Waals surface area contributed by atoms with Crippen LogP contribution in [-0.2, 0) is 11.3 Å². The zero-order chi connectivity index (χ0) is 16.7. The Balaban J connectivity index is 1.71. The van der Waals surface area contributed by atoms with Crippen LogP contribution in [-0.4, -0.2) is 46.9 Å². The maximum Gasteiger partial charge on any atom is 0.230 e. The molecule has 0 aliphatic heterocycles. The van der Waals surface area contributed by atoms with Gasteiger partial charge in [-0.25, -0.2) is 9.37 Å². The van der Waals surface area contributed by atoms with Crippen LogP contribution >= 0.6 is 11.8 Å². The van der Waals surface area contributed by atoms with Crippen molar-refractivity contribution in [1.29, 1.82) is 0 Å². The monoisotopic (exact) mass is 339 g/mol.